The average Bonchev–Trinajstić information content (AvgIpc) is 2.93. The Morgan fingerprint density at radius 2 is 2.39 bits per heavy atom. The molecule has 0 spiro atoms. The molecule has 18 heavy (non-hydrogen) atoms. The van der Waals surface area contributed by atoms with Crippen LogP contribution in [0.4, 0.5) is 10.2 Å². The lowest BCUT2D eigenvalue weighted by atomic mass is 10.1. The third-order valence-electron chi connectivity index (χ3n) is 3.56. The van der Waals surface area contributed by atoms with Gasteiger partial charge in [0, 0.05) is 6.04 Å². The number of hydrogen-bond donors (Lipinski definition) is 2. The first kappa shape index (κ1) is 12.0. The van der Waals surface area contributed by atoms with E-state index in [1.165, 1.54) is 12.5 Å². The van der Waals surface area contributed by atoms with Crippen molar-refractivity contribution in [3.8, 4) is 0 Å². The van der Waals surface area contributed by atoms with Gasteiger partial charge in [0.25, 0.3) is 0 Å². The summed E-state index contributed by atoms with van der Waals surface area (Å²) in [5, 5.41) is 6.02. The van der Waals surface area contributed by atoms with E-state index in [4.69, 9.17) is 0 Å². The standard InChI is InChI=1S/C12H13BrFN3O/c1-5-2-7(14)10(13)16-11(5)17-12(18)9-4-6-3-8(6)15-9/h2,6,8-9,15H,3-4H2,1H3,(H,16,17,18)/t6-,8-,9+/m1/s1. The number of nitrogens with zero attached hydrogens (tertiary/aromatic N) is 1. The van der Waals surface area contributed by atoms with Gasteiger partial charge < -0.3 is 10.6 Å². The maximum absolute atomic E-state index is 13.2. The normalized spacial score (nSPS) is 28.9. The van der Waals surface area contributed by atoms with Gasteiger partial charge in [0.2, 0.25) is 5.91 Å². The zero-order valence-electron chi connectivity index (χ0n) is 9.84. The van der Waals surface area contributed by atoms with Crippen LogP contribution in [0.25, 0.3) is 0 Å². The molecule has 2 heterocycles. The highest BCUT2D eigenvalue weighted by atomic mass is 79.9. The number of amides is 1. The van der Waals surface area contributed by atoms with Gasteiger partial charge in [-0.3, -0.25) is 4.79 Å². The predicted molar refractivity (Wildman–Crippen MR) is 68.7 cm³/mol. The Kier molecular flexibility index (Phi) is 2.86. The maximum atomic E-state index is 13.2. The number of hydrogen-bond acceptors (Lipinski definition) is 3. The van der Waals surface area contributed by atoms with Crippen LogP contribution in [0.3, 0.4) is 0 Å². The van der Waals surface area contributed by atoms with E-state index in [-0.39, 0.29) is 16.6 Å². The monoisotopic (exact) mass is 313 g/mol. The van der Waals surface area contributed by atoms with Gasteiger partial charge in [-0.25, -0.2) is 9.37 Å². The van der Waals surface area contributed by atoms with Crippen LogP contribution in [0.15, 0.2) is 10.7 Å². The molecule has 0 unspecified atom stereocenters. The van der Waals surface area contributed by atoms with Crippen molar-refractivity contribution in [2.24, 2.45) is 5.92 Å². The van der Waals surface area contributed by atoms with Crippen LogP contribution < -0.4 is 10.6 Å². The predicted octanol–water partition coefficient (Wildman–Crippen LogP) is 1.98. The van der Waals surface area contributed by atoms with Gasteiger partial charge in [-0.15, -0.1) is 0 Å². The number of piperidine rings is 1. The summed E-state index contributed by atoms with van der Waals surface area (Å²) in [6.07, 6.45) is 2.07. The largest absolute Gasteiger partial charge is 0.309 e. The number of halogens is 2. The highest BCUT2D eigenvalue weighted by Gasteiger charge is 2.47. The lowest BCUT2D eigenvalue weighted by molar-refractivity contribution is -0.118. The Balaban J connectivity index is 1.72. The zero-order valence-corrected chi connectivity index (χ0v) is 11.4. The van der Waals surface area contributed by atoms with Crippen LogP contribution in [0, 0.1) is 18.7 Å². The van der Waals surface area contributed by atoms with Crippen LogP contribution in [0.5, 0.6) is 0 Å². The summed E-state index contributed by atoms with van der Waals surface area (Å²) in [6, 6.07) is 1.74. The highest BCUT2D eigenvalue weighted by Crippen LogP contribution is 2.40. The number of rotatable bonds is 2. The summed E-state index contributed by atoms with van der Waals surface area (Å²) < 4.78 is 13.3. The molecule has 1 aromatic heterocycles. The molecule has 2 N–H and O–H groups in total. The molecule has 1 saturated carbocycles. The molecule has 3 rings (SSSR count). The van der Waals surface area contributed by atoms with Gasteiger partial charge in [-0.2, -0.15) is 0 Å². The number of anilines is 1. The first-order valence-corrected chi connectivity index (χ1v) is 6.73. The number of aryl methyl sites for hydroxylation is 1. The third kappa shape index (κ3) is 2.14. The van der Waals surface area contributed by atoms with Crippen LogP contribution in [-0.2, 0) is 4.79 Å². The fraction of sp³-hybridized carbons (Fsp3) is 0.500. The van der Waals surface area contributed by atoms with E-state index < -0.39 is 5.82 Å². The van der Waals surface area contributed by atoms with Crippen molar-refractivity contribution in [3.63, 3.8) is 0 Å². The summed E-state index contributed by atoms with van der Waals surface area (Å²) in [7, 11) is 0. The van der Waals surface area contributed by atoms with Gasteiger partial charge in [-0.1, -0.05) is 0 Å². The average molecular weight is 314 g/mol. The Morgan fingerprint density at radius 3 is 3.06 bits per heavy atom. The Labute approximate surface area is 112 Å². The first-order valence-electron chi connectivity index (χ1n) is 5.94. The minimum absolute atomic E-state index is 0.0868. The van der Waals surface area contributed by atoms with Gasteiger partial charge in [0.1, 0.15) is 10.4 Å². The molecule has 96 valence electrons. The maximum Gasteiger partial charge on any atom is 0.242 e. The molecule has 0 bridgehead atoms. The Bertz CT molecular complexity index is 512. The number of aromatic nitrogens is 1. The van der Waals surface area contributed by atoms with E-state index in [1.807, 2.05) is 0 Å². The lowest BCUT2D eigenvalue weighted by Crippen LogP contribution is -2.38. The number of carbonyl (C=O) groups is 1. The topological polar surface area (TPSA) is 54.0 Å². The molecule has 1 aromatic rings. The molecule has 2 fully saturated rings. The van der Waals surface area contributed by atoms with E-state index >= 15 is 0 Å². The molecule has 1 aliphatic heterocycles. The van der Waals surface area contributed by atoms with E-state index in [2.05, 4.69) is 31.5 Å². The summed E-state index contributed by atoms with van der Waals surface area (Å²) in [4.78, 5) is 16.0. The van der Waals surface area contributed by atoms with Crippen LogP contribution >= 0.6 is 15.9 Å². The highest BCUT2D eigenvalue weighted by molar-refractivity contribution is 9.10. The van der Waals surface area contributed by atoms with Crippen LogP contribution in [0.1, 0.15) is 18.4 Å². The first-order chi connectivity index (χ1) is 8.54. The SMILES string of the molecule is Cc1cc(F)c(Br)nc1NC(=O)[C@@H]1C[C@H]2C[C@H]2N1. The van der Waals surface area contributed by atoms with Crippen molar-refractivity contribution in [2.75, 3.05) is 5.32 Å². The smallest absolute Gasteiger partial charge is 0.242 e. The minimum Gasteiger partial charge on any atom is -0.309 e. The third-order valence-corrected chi connectivity index (χ3v) is 4.11. The fourth-order valence-corrected chi connectivity index (χ4v) is 2.70. The van der Waals surface area contributed by atoms with Gasteiger partial charge >= 0.3 is 0 Å². The number of carbonyl (C=O) groups excluding carboxylic acids is 1. The number of fused-ring (bicyclic) bond motifs is 1. The number of nitrogens with one attached hydrogen (secondary N) is 2. The van der Waals surface area contributed by atoms with Crippen LogP contribution in [-0.4, -0.2) is 23.0 Å². The van der Waals surface area contributed by atoms with Crippen molar-refractivity contribution in [1.82, 2.24) is 10.3 Å². The molecule has 1 aliphatic carbocycles. The quantitative estimate of drug-likeness (QED) is 0.821. The number of pyridine rings is 1. The summed E-state index contributed by atoms with van der Waals surface area (Å²) in [5.41, 5.74) is 0.618. The summed E-state index contributed by atoms with van der Waals surface area (Å²) in [6.45, 7) is 1.72. The lowest BCUT2D eigenvalue weighted by Gasteiger charge is -2.14. The summed E-state index contributed by atoms with van der Waals surface area (Å²) >= 11 is 3.02. The van der Waals surface area contributed by atoms with Crippen molar-refractivity contribution in [2.45, 2.75) is 31.8 Å². The Hall–Kier alpha value is -1.01. The van der Waals surface area contributed by atoms with Gasteiger partial charge in [-0.05, 0) is 53.2 Å². The second-order valence-electron chi connectivity index (χ2n) is 4.97. The second-order valence-corrected chi connectivity index (χ2v) is 5.72. The molecule has 6 heteroatoms. The molecule has 0 aromatic carbocycles. The molecular weight excluding hydrogens is 301 g/mol. The molecule has 0 radical (unpaired) electrons. The molecule has 1 amide bonds. The molecule has 4 nitrogen and oxygen atoms in total. The minimum atomic E-state index is -0.425. The van der Waals surface area contributed by atoms with Crippen LogP contribution in [0.2, 0.25) is 0 Å². The Morgan fingerprint density at radius 1 is 1.61 bits per heavy atom. The fourth-order valence-electron chi connectivity index (χ4n) is 2.41. The zero-order chi connectivity index (χ0) is 12.9. The van der Waals surface area contributed by atoms with E-state index in [1.54, 1.807) is 6.92 Å². The summed E-state index contributed by atoms with van der Waals surface area (Å²) in [5.74, 6) is 0.562. The van der Waals surface area contributed by atoms with E-state index in [0.29, 0.717) is 23.3 Å². The van der Waals surface area contributed by atoms with Gasteiger partial charge in [0.15, 0.2) is 5.82 Å². The van der Waals surface area contributed by atoms with Crippen molar-refractivity contribution in [1.29, 1.82) is 0 Å². The van der Waals surface area contributed by atoms with Crippen molar-refractivity contribution < 1.29 is 9.18 Å². The van der Waals surface area contributed by atoms with Gasteiger partial charge in [0.05, 0.1) is 6.04 Å². The van der Waals surface area contributed by atoms with Crippen molar-refractivity contribution >= 4 is 27.7 Å². The van der Waals surface area contributed by atoms with E-state index in [0.717, 1.165) is 6.42 Å². The van der Waals surface area contributed by atoms with Crippen molar-refractivity contribution in [3.05, 3.63) is 22.1 Å². The molecular formula is C12H13BrFN3O. The second kappa shape index (κ2) is 4.28. The molecule has 2 aliphatic rings. The van der Waals surface area contributed by atoms with E-state index in [9.17, 15) is 9.18 Å². The molecule has 1 saturated heterocycles. The molecule has 3 atom stereocenters.